The third kappa shape index (κ3) is 5.51. The minimum atomic E-state index is -0.340. The standard InChI is InChI=1S/C17H25N3O4.ClH/c1-23-14-8-13(9-15(10-14)24-2)20-11-12(7-16(20)21)17(22)19-6-4-3-5-18;/h8-10,12H,3-7,11,18H2,1-2H3,(H,19,22);1H. The Kier molecular flexibility index (Phi) is 8.51. The Morgan fingerprint density at radius 1 is 1.24 bits per heavy atom. The van der Waals surface area contributed by atoms with Crippen LogP contribution in [0, 0.1) is 5.92 Å². The lowest BCUT2D eigenvalue weighted by molar-refractivity contribution is -0.126. The molecule has 8 heteroatoms. The summed E-state index contributed by atoms with van der Waals surface area (Å²) in [6, 6.07) is 5.27. The number of nitrogens with zero attached hydrogens (tertiary/aromatic N) is 1. The monoisotopic (exact) mass is 371 g/mol. The quantitative estimate of drug-likeness (QED) is 0.672. The second-order valence-electron chi connectivity index (χ2n) is 5.76. The predicted molar refractivity (Wildman–Crippen MR) is 98.6 cm³/mol. The number of nitrogens with one attached hydrogen (secondary N) is 1. The van der Waals surface area contributed by atoms with Crippen LogP contribution in [-0.4, -0.2) is 45.7 Å². The maximum Gasteiger partial charge on any atom is 0.227 e. The van der Waals surface area contributed by atoms with E-state index in [2.05, 4.69) is 5.32 Å². The van der Waals surface area contributed by atoms with Gasteiger partial charge in [0.1, 0.15) is 11.5 Å². The maximum absolute atomic E-state index is 12.3. The first-order valence-electron chi connectivity index (χ1n) is 8.10. The number of unbranched alkanes of at least 4 members (excludes halogenated alkanes) is 1. The maximum atomic E-state index is 12.3. The van der Waals surface area contributed by atoms with Crippen LogP contribution in [0.25, 0.3) is 0 Å². The summed E-state index contributed by atoms with van der Waals surface area (Å²) in [6.07, 6.45) is 1.93. The molecule has 1 aromatic carbocycles. The molecule has 0 spiro atoms. The van der Waals surface area contributed by atoms with Crippen molar-refractivity contribution in [2.45, 2.75) is 19.3 Å². The number of carbonyl (C=O) groups is 2. The summed E-state index contributed by atoms with van der Waals surface area (Å²) in [5.74, 6) is 0.705. The van der Waals surface area contributed by atoms with Gasteiger partial charge in [-0.25, -0.2) is 0 Å². The Labute approximate surface area is 154 Å². The van der Waals surface area contributed by atoms with Gasteiger partial charge in [-0.2, -0.15) is 0 Å². The van der Waals surface area contributed by atoms with Crippen molar-refractivity contribution in [1.29, 1.82) is 0 Å². The summed E-state index contributed by atoms with van der Waals surface area (Å²) in [7, 11) is 3.11. The lowest BCUT2D eigenvalue weighted by Gasteiger charge is -2.18. The van der Waals surface area contributed by atoms with Crippen LogP contribution in [0.3, 0.4) is 0 Å². The molecule has 0 aliphatic carbocycles. The van der Waals surface area contributed by atoms with Crippen LogP contribution in [0.2, 0.25) is 0 Å². The van der Waals surface area contributed by atoms with Crippen LogP contribution in [-0.2, 0) is 9.59 Å². The van der Waals surface area contributed by atoms with E-state index in [1.807, 2.05) is 0 Å². The third-order valence-electron chi connectivity index (χ3n) is 4.07. The van der Waals surface area contributed by atoms with Gasteiger partial charge in [-0.05, 0) is 19.4 Å². The zero-order valence-electron chi connectivity index (χ0n) is 14.6. The number of ether oxygens (including phenoxy) is 2. The van der Waals surface area contributed by atoms with Crippen LogP contribution in [0.1, 0.15) is 19.3 Å². The molecule has 0 saturated carbocycles. The first-order chi connectivity index (χ1) is 11.6. The summed E-state index contributed by atoms with van der Waals surface area (Å²) in [5.41, 5.74) is 6.11. The second-order valence-corrected chi connectivity index (χ2v) is 5.76. The fraction of sp³-hybridized carbons (Fsp3) is 0.529. The number of benzene rings is 1. The molecule has 2 amide bonds. The molecule has 1 aliphatic heterocycles. The molecule has 2 rings (SSSR count). The molecule has 3 N–H and O–H groups in total. The highest BCUT2D eigenvalue weighted by molar-refractivity contribution is 6.00. The van der Waals surface area contributed by atoms with Crippen molar-refractivity contribution >= 4 is 29.9 Å². The minimum absolute atomic E-state index is 0. The van der Waals surface area contributed by atoms with Gasteiger partial charge in [0.05, 0.1) is 25.8 Å². The molecule has 140 valence electrons. The molecule has 1 saturated heterocycles. The molecular formula is C17H26ClN3O4. The summed E-state index contributed by atoms with van der Waals surface area (Å²) in [6.45, 7) is 1.56. The van der Waals surface area contributed by atoms with Gasteiger partial charge in [0.25, 0.3) is 0 Å². The molecule has 1 heterocycles. The fourth-order valence-electron chi connectivity index (χ4n) is 2.71. The van der Waals surface area contributed by atoms with E-state index in [0.29, 0.717) is 36.8 Å². The summed E-state index contributed by atoms with van der Waals surface area (Å²) >= 11 is 0. The van der Waals surface area contributed by atoms with Gasteiger partial charge in [0.15, 0.2) is 0 Å². The van der Waals surface area contributed by atoms with Crippen molar-refractivity contribution in [3.63, 3.8) is 0 Å². The van der Waals surface area contributed by atoms with Crippen molar-refractivity contribution in [1.82, 2.24) is 5.32 Å². The number of anilines is 1. The lowest BCUT2D eigenvalue weighted by Crippen LogP contribution is -2.33. The number of amides is 2. The van der Waals surface area contributed by atoms with E-state index >= 15 is 0 Å². The lowest BCUT2D eigenvalue weighted by atomic mass is 10.1. The van der Waals surface area contributed by atoms with Crippen molar-refractivity contribution in [2.75, 3.05) is 38.8 Å². The van der Waals surface area contributed by atoms with Gasteiger partial charge >= 0.3 is 0 Å². The second kappa shape index (κ2) is 10.1. The number of halogens is 1. The van der Waals surface area contributed by atoms with E-state index in [-0.39, 0.29) is 36.6 Å². The first kappa shape index (κ1) is 21.1. The van der Waals surface area contributed by atoms with Crippen LogP contribution in [0.5, 0.6) is 11.5 Å². The first-order valence-corrected chi connectivity index (χ1v) is 8.10. The van der Waals surface area contributed by atoms with E-state index in [1.54, 1.807) is 37.3 Å². The third-order valence-corrected chi connectivity index (χ3v) is 4.07. The Hall–Kier alpha value is -1.99. The number of nitrogens with two attached hydrogens (primary N) is 1. The Bertz CT molecular complexity index is 575. The van der Waals surface area contributed by atoms with E-state index in [1.165, 1.54) is 0 Å². The average molecular weight is 372 g/mol. The number of methoxy groups -OCH3 is 2. The van der Waals surface area contributed by atoms with Crippen molar-refractivity contribution in [3.8, 4) is 11.5 Å². The summed E-state index contributed by atoms with van der Waals surface area (Å²) in [5, 5.41) is 2.87. The molecule has 0 radical (unpaired) electrons. The smallest absolute Gasteiger partial charge is 0.227 e. The molecule has 1 fully saturated rings. The zero-order valence-corrected chi connectivity index (χ0v) is 15.4. The molecule has 1 aliphatic rings. The highest BCUT2D eigenvalue weighted by Gasteiger charge is 2.35. The molecular weight excluding hydrogens is 346 g/mol. The van der Waals surface area contributed by atoms with Crippen molar-refractivity contribution < 1.29 is 19.1 Å². The number of rotatable bonds is 8. The van der Waals surface area contributed by atoms with E-state index in [0.717, 1.165) is 12.8 Å². The topological polar surface area (TPSA) is 93.9 Å². The Morgan fingerprint density at radius 3 is 2.44 bits per heavy atom. The van der Waals surface area contributed by atoms with Gasteiger partial charge in [0.2, 0.25) is 11.8 Å². The van der Waals surface area contributed by atoms with Gasteiger partial charge < -0.3 is 25.4 Å². The van der Waals surface area contributed by atoms with Crippen LogP contribution < -0.4 is 25.4 Å². The highest BCUT2D eigenvalue weighted by atomic mass is 35.5. The van der Waals surface area contributed by atoms with Crippen LogP contribution >= 0.6 is 12.4 Å². The predicted octanol–water partition coefficient (Wildman–Crippen LogP) is 1.33. The van der Waals surface area contributed by atoms with E-state index < -0.39 is 0 Å². The van der Waals surface area contributed by atoms with Crippen molar-refractivity contribution in [3.05, 3.63) is 18.2 Å². The fourth-order valence-corrected chi connectivity index (χ4v) is 2.71. The van der Waals surface area contributed by atoms with E-state index in [9.17, 15) is 9.59 Å². The molecule has 1 aromatic rings. The van der Waals surface area contributed by atoms with E-state index in [4.69, 9.17) is 15.2 Å². The molecule has 1 atom stereocenters. The molecule has 0 aromatic heterocycles. The number of hydrogen-bond donors (Lipinski definition) is 2. The summed E-state index contributed by atoms with van der Waals surface area (Å²) in [4.78, 5) is 26.1. The zero-order chi connectivity index (χ0) is 17.5. The number of hydrogen-bond acceptors (Lipinski definition) is 5. The van der Waals surface area contributed by atoms with Crippen LogP contribution in [0.4, 0.5) is 5.69 Å². The van der Waals surface area contributed by atoms with Crippen LogP contribution in [0.15, 0.2) is 18.2 Å². The Balaban J connectivity index is 0.00000312. The summed E-state index contributed by atoms with van der Waals surface area (Å²) < 4.78 is 10.5. The Morgan fingerprint density at radius 2 is 1.88 bits per heavy atom. The van der Waals surface area contributed by atoms with Gasteiger partial charge in [-0.3, -0.25) is 9.59 Å². The van der Waals surface area contributed by atoms with Gasteiger partial charge in [-0.1, -0.05) is 0 Å². The average Bonchev–Trinajstić information content (AvgIpc) is 3.00. The molecule has 7 nitrogen and oxygen atoms in total. The van der Waals surface area contributed by atoms with Gasteiger partial charge in [-0.15, -0.1) is 12.4 Å². The molecule has 25 heavy (non-hydrogen) atoms. The molecule has 1 unspecified atom stereocenters. The molecule has 0 bridgehead atoms. The van der Waals surface area contributed by atoms with Gasteiger partial charge in [0, 0.05) is 37.7 Å². The van der Waals surface area contributed by atoms with Crippen molar-refractivity contribution in [2.24, 2.45) is 11.7 Å². The minimum Gasteiger partial charge on any atom is -0.497 e. The SMILES string of the molecule is COc1cc(OC)cc(N2CC(C(=O)NCCCCN)CC2=O)c1.Cl. The largest absolute Gasteiger partial charge is 0.497 e. The highest BCUT2D eigenvalue weighted by Crippen LogP contribution is 2.32. The number of carbonyl (C=O) groups excluding carboxylic acids is 2. The normalized spacial score (nSPS) is 16.4.